The summed E-state index contributed by atoms with van der Waals surface area (Å²) in [5, 5.41) is 3.28. The largest absolute Gasteiger partial charge is 0.490 e. The molecule has 158 valence electrons. The maximum absolute atomic E-state index is 14.9. The summed E-state index contributed by atoms with van der Waals surface area (Å²) in [6.07, 6.45) is 6.04. The minimum Gasteiger partial charge on any atom is -0.490 e. The third-order valence-corrected chi connectivity index (χ3v) is 6.19. The Bertz CT molecular complexity index is 770. The first kappa shape index (κ1) is 21.8. The summed E-state index contributed by atoms with van der Waals surface area (Å²) in [6.45, 7) is 10.6. The van der Waals surface area contributed by atoms with Crippen LogP contribution in [-0.4, -0.2) is 12.6 Å². The van der Waals surface area contributed by atoms with Gasteiger partial charge in [-0.3, -0.25) is 0 Å². The highest BCUT2D eigenvalue weighted by Crippen LogP contribution is 2.39. The molecule has 2 nitrogen and oxygen atoms in total. The minimum atomic E-state index is -0.134. The topological polar surface area (TPSA) is 21.3 Å². The minimum absolute atomic E-state index is 0.134. The zero-order chi connectivity index (χ0) is 20.9. The van der Waals surface area contributed by atoms with Crippen molar-refractivity contribution >= 4 is 0 Å². The highest BCUT2D eigenvalue weighted by atomic mass is 19.1. The van der Waals surface area contributed by atoms with Gasteiger partial charge in [-0.25, -0.2) is 4.39 Å². The van der Waals surface area contributed by atoms with E-state index in [9.17, 15) is 4.39 Å². The highest BCUT2D eigenvalue weighted by molar-refractivity contribution is 5.65. The van der Waals surface area contributed by atoms with Crippen molar-refractivity contribution < 1.29 is 9.13 Å². The summed E-state index contributed by atoms with van der Waals surface area (Å²) in [7, 11) is 0. The van der Waals surface area contributed by atoms with E-state index in [4.69, 9.17) is 4.74 Å². The van der Waals surface area contributed by atoms with Crippen LogP contribution in [0.1, 0.15) is 65.4 Å². The van der Waals surface area contributed by atoms with Crippen LogP contribution in [0.4, 0.5) is 4.39 Å². The van der Waals surface area contributed by atoms with Gasteiger partial charge in [0.1, 0.15) is 11.6 Å². The summed E-state index contributed by atoms with van der Waals surface area (Å²) in [5.74, 6) is 1.53. The summed E-state index contributed by atoms with van der Waals surface area (Å²) in [6, 6.07) is 13.5. The van der Waals surface area contributed by atoms with Gasteiger partial charge in [0.25, 0.3) is 0 Å². The van der Waals surface area contributed by atoms with Crippen LogP contribution in [0.5, 0.6) is 5.75 Å². The van der Waals surface area contributed by atoms with Gasteiger partial charge < -0.3 is 10.1 Å². The molecule has 0 heterocycles. The van der Waals surface area contributed by atoms with Gasteiger partial charge in [0, 0.05) is 17.7 Å². The lowest BCUT2D eigenvalue weighted by atomic mass is 9.72. The molecule has 29 heavy (non-hydrogen) atoms. The van der Waals surface area contributed by atoms with E-state index in [1.54, 1.807) is 0 Å². The second kappa shape index (κ2) is 9.75. The third kappa shape index (κ3) is 5.82. The molecule has 0 radical (unpaired) electrons. The van der Waals surface area contributed by atoms with Gasteiger partial charge in [-0.15, -0.1) is 0 Å². The van der Waals surface area contributed by atoms with Gasteiger partial charge in [-0.05, 0) is 67.7 Å². The zero-order valence-corrected chi connectivity index (χ0v) is 18.4. The van der Waals surface area contributed by atoms with E-state index in [2.05, 4.69) is 33.0 Å². The second-order valence-electron chi connectivity index (χ2n) is 9.44. The molecular weight excluding hydrogens is 361 g/mol. The molecule has 0 amide bonds. The van der Waals surface area contributed by atoms with Crippen molar-refractivity contribution in [1.82, 2.24) is 5.32 Å². The van der Waals surface area contributed by atoms with E-state index in [1.165, 1.54) is 12.8 Å². The fourth-order valence-corrected chi connectivity index (χ4v) is 4.29. The van der Waals surface area contributed by atoms with Crippen molar-refractivity contribution in [2.24, 2.45) is 11.3 Å². The molecule has 0 aliphatic heterocycles. The molecule has 3 heteroatoms. The molecule has 0 saturated heterocycles. The van der Waals surface area contributed by atoms with Crippen LogP contribution in [0, 0.1) is 17.2 Å². The fourth-order valence-electron chi connectivity index (χ4n) is 4.29. The van der Waals surface area contributed by atoms with Gasteiger partial charge in [0.2, 0.25) is 0 Å². The lowest BCUT2D eigenvalue weighted by molar-refractivity contribution is 0.0882. The maximum atomic E-state index is 14.9. The first-order chi connectivity index (χ1) is 13.9. The van der Waals surface area contributed by atoms with Crippen LogP contribution < -0.4 is 10.1 Å². The molecule has 3 rings (SSSR count). The smallest absolute Gasteiger partial charge is 0.135 e. The Labute approximate surface area is 175 Å². The molecule has 2 aromatic carbocycles. The van der Waals surface area contributed by atoms with Crippen LogP contribution >= 0.6 is 0 Å². The third-order valence-electron chi connectivity index (χ3n) is 6.19. The lowest BCUT2D eigenvalue weighted by Gasteiger charge is -2.36. The quantitative estimate of drug-likeness (QED) is 0.509. The molecular formula is C26H36FNO. The van der Waals surface area contributed by atoms with Crippen molar-refractivity contribution in [3.05, 3.63) is 53.8 Å². The molecule has 1 saturated carbocycles. The number of rotatable bonds is 7. The Hall–Kier alpha value is -1.87. The van der Waals surface area contributed by atoms with Gasteiger partial charge in [0.15, 0.2) is 0 Å². The van der Waals surface area contributed by atoms with Crippen LogP contribution in [-0.2, 0) is 6.54 Å². The van der Waals surface area contributed by atoms with Gasteiger partial charge in [-0.2, -0.15) is 0 Å². The monoisotopic (exact) mass is 397 g/mol. The van der Waals surface area contributed by atoms with E-state index in [0.717, 1.165) is 43.0 Å². The molecule has 1 aliphatic carbocycles. The normalized spacial score (nSPS) is 19.9. The van der Waals surface area contributed by atoms with Gasteiger partial charge in [0.05, 0.1) is 6.10 Å². The Kier molecular flexibility index (Phi) is 7.34. The SMILES string of the molecule is CCCNCc1cccc(-c2ccc(OC3CCC(C(C)(C)C)CC3)cc2)c1F. The molecule has 1 fully saturated rings. The molecule has 2 aromatic rings. The van der Waals surface area contributed by atoms with E-state index >= 15 is 0 Å². The van der Waals surface area contributed by atoms with Crippen LogP contribution in [0.15, 0.2) is 42.5 Å². The van der Waals surface area contributed by atoms with Crippen molar-refractivity contribution in [3.8, 4) is 16.9 Å². The van der Waals surface area contributed by atoms with Crippen molar-refractivity contribution in [2.75, 3.05) is 6.54 Å². The number of ether oxygens (including phenoxy) is 1. The van der Waals surface area contributed by atoms with Crippen LogP contribution in [0.25, 0.3) is 11.1 Å². The Morgan fingerprint density at radius 2 is 1.69 bits per heavy atom. The van der Waals surface area contributed by atoms with Gasteiger partial charge in [-0.1, -0.05) is 58.0 Å². The molecule has 0 unspecified atom stereocenters. The lowest BCUT2D eigenvalue weighted by Crippen LogP contribution is -2.30. The Balaban J connectivity index is 1.62. The average Bonchev–Trinajstić information content (AvgIpc) is 2.70. The number of halogens is 1. The molecule has 0 atom stereocenters. The zero-order valence-electron chi connectivity index (χ0n) is 18.4. The summed E-state index contributed by atoms with van der Waals surface area (Å²) >= 11 is 0. The number of hydrogen-bond donors (Lipinski definition) is 1. The summed E-state index contributed by atoms with van der Waals surface area (Å²) in [5.41, 5.74) is 2.64. The predicted octanol–water partition coefficient (Wildman–Crippen LogP) is 6.98. The van der Waals surface area contributed by atoms with Crippen LogP contribution in [0.2, 0.25) is 0 Å². The molecule has 0 aromatic heterocycles. The highest BCUT2D eigenvalue weighted by Gasteiger charge is 2.30. The average molecular weight is 398 g/mol. The van der Waals surface area contributed by atoms with Crippen molar-refractivity contribution in [1.29, 1.82) is 0 Å². The van der Waals surface area contributed by atoms with E-state index < -0.39 is 0 Å². The molecule has 0 bridgehead atoms. The fraction of sp³-hybridized carbons (Fsp3) is 0.538. The molecule has 0 spiro atoms. The molecule has 1 aliphatic rings. The second-order valence-corrected chi connectivity index (χ2v) is 9.44. The summed E-state index contributed by atoms with van der Waals surface area (Å²) in [4.78, 5) is 0. The van der Waals surface area contributed by atoms with E-state index in [1.807, 2.05) is 42.5 Å². The predicted molar refractivity (Wildman–Crippen MR) is 120 cm³/mol. The van der Waals surface area contributed by atoms with Crippen molar-refractivity contribution in [3.63, 3.8) is 0 Å². The molecule has 1 N–H and O–H groups in total. The van der Waals surface area contributed by atoms with Crippen LogP contribution in [0.3, 0.4) is 0 Å². The Morgan fingerprint density at radius 1 is 1.00 bits per heavy atom. The number of hydrogen-bond acceptors (Lipinski definition) is 2. The summed E-state index contributed by atoms with van der Waals surface area (Å²) < 4.78 is 21.1. The maximum Gasteiger partial charge on any atom is 0.135 e. The van der Waals surface area contributed by atoms with E-state index in [0.29, 0.717) is 29.2 Å². The van der Waals surface area contributed by atoms with E-state index in [-0.39, 0.29) is 5.82 Å². The van der Waals surface area contributed by atoms with Gasteiger partial charge >= 0.3 is 0 Å². The number of benzene rings is 2. The van der Waals surface area contributed by atoms with Crippen molar-refractivity contribution in [2.45, 2.75) is 72.4 Å². The Morgan fingerprint density at radius 3 is 2.31 bits per heavy atom. The number of nitrogens with one attached hydrogen (secondary N) is 1. The standard InChI is InChI=1S/C26H36FNO/c1-5-17-28-18-20-7-6-8-24(25(20)27)19-9-13-22(14-10-19)29-23-15-11-21(12-16-23)26(2,3)4/h6-10,13-14,21,23,28H,5,11-12,15-18H2,1-4H3. The first-order valence-electron chi connectivity index (χ1n) is 11.1. The first-order valence-corrected chi connectivity index (χ1v) is 11.1.